The average Bonchev–Trinajstić information content (AvgIpc) is 2.40. The van der Waals surface area contributed by atoms with Gasteiger partial charge in [-0.3, -0.25) is 0 Å². The quantitative estimate of drug-likeness (QED) is 0.608. The molecule has 0 N–H and O–H groups in total. The summed E-state index contributed by atoms with van der Waals surface area (Å²) in [6.07, 6.45) is 7.70. The van der Waals surface area contributed by atoms with Crippen LogP contribution in [0, 0.1) is 23.2 Å². The Labute approximate surface area is 69.4 Å². The first-order valence-electron chi connectivity index (χ1n) is 4.70. The third-order valence-corrected chi connectivity index (χ3v) is 2.65. The molecule has 0 aromatic carbocycles. The molecule has 62 valence electrons. The Morgan fingerprint density at radius 3 is 2.64 bits per heavy atom. The van der Waals surface area contributed by atoms with Crippen LogP contribution in [0.5, 0.6) is 0 Å². The lowest BCUT2D eigenvalue weighted by atomic mass is 9.93. The van der Waals surface area contributed by atoms with Crippen molar-refractivity contribution in [3.8, 4) is 6.07 Å². The fraction of sp³-hybridized carbons (Fsp3) is 0.900. The molecule has 1 saturated carbocycles. The Hall–Kier alpha value is -0.510. The molecule has 0 unspecified atom stereocenters. The smallest absolute Gasteiger partial charge is 0.0624 e. The first-order chi connectivity index (χ1) is 5.33. The third-order valence-electron chi connectivity index (χ3n) is 2.65. The largest absolute Gasteiger partial charge is 0.198 e. The molecule has 1 heteroatoms. The van der Waals surface area contributed by atoms with Crippen molar-refractivity contribution in [2.24, 2.45) is 11.8 Å². The fourth-order valence-electron chi connectivity index (χ4n) is 2.05. The van der Waals surface area contributed by atoms with Crippen LogP contribution in [0.2, 0.25) is 0 Å². The minimum Gasteiger partial charge on any atom is -0.198 e. The van der Waals surface area contributed by atoms with Crippen LogP contribution in [0.3, 0.4) is 0 Å². The fourth-order valence-corrected chi connectivity index (χ4v) is 2.05. The lowest BCUT2D eigenvalue weighted by Gasteiger charge is -2.12. The zero-order chi connectivity index (χ0) is 8.10. The summed E-state index contributed by atoms with van der Waals surface area (Å²) in [6.45, 7) is 2.20. The van der Waals surface area contributed by atoms with E-state index in [4.69, 9.17) is 5.26 Å². The summed E-state index contributed by atoms with van der Waals surface area (Å²) in [6, 6.07) is 2.24. The zero-order valence-electron chi connectivity index (χ0n) is 7.34. The van der Waals surface area contributed by atoms with Gasteiger partial charge in [0.1, 0.15) is 0 Å². The molecule has 1 nitrogen and oxygen atoms in total. The van der Waals surface area contributed by atoms with Crippen LogP contribution >= 0.6 is 0 Å². The van der Waals surface area contributed by atoms with E-state index in [0.717, 1.165) is 12.3 Å². The van der Waals surface area contributed by atoms with Crippen molar-refractivity contribution in [1.29, 1.82) is 5.26 Å². The van der Waals surface area contributed by atoms with Crippen LogP contribution in [0.25, 0.3) is 0 Å². The van der Waals surface area contributed by atoms with Crippen molar-refractivity contribution in [1.82, 2.24) is 0 Å². The van der Waals surface area contributed by atoms with Gasteiger partial charge in [-0.1, -0.05) is 32.6 Å². The maximum absolute atomic E-state index is 8.46. The van der Waals surface area contributed by atoms with E-state index in [-0.39, 0.29) is 0 Å². The minimum atomic E-state index is 0.628. The highest BCUT2D eigenvalue weighted by atomic mass is 14.3. The first kappa shape index (κ1) is 8.59. The average molecular weight is 151 g/mol. The molecule has 0 saturated heterocycles. The molecule has 0 aliphatic heterocycles. The molecule has 0 heterocycles. The molecule has 1 atom stereocenters. The van der Waals surface area contributed by atoms with E-state index in [1.807, 2.05) is 0 Å². The van der Waals surface area contributed by atoms with Gasteiger partial charge in [0.2, 0.25) is 0 Å². The molecule has 0 aromatic heterocycles. The second kappa shape index (κ2) is 4.38. The summed E-state index contributed by atoms with van der Waals surface area (Å²) < 4.78 is 0. The summed E-state index contributed by atoms with van der Waals surface area (Å²) in [5.74, 6) is 1.57. The van der Waals surface area contributed by atoms with Gasteiger partial charge in [-0.05, 0) is 18.3 Å². The van der Waals surface area contributed by atoms with Crippen LogP contribution in [0.15, 0.2) is 0 Å². The van der Waals surface area contributed by atoms with Gasteiger partial charge >= 0.3 is 0 Å². The molecule has 0 aromatic rings. The topological polar surface area (TPSA) is 23.8 Å². The first-order valence-corrected chi connectivity index (χ1v) is 4.70. The van der Waals surface area contributed by atoms with Crippen molar-refractivity contribution in [3.05, 3.63) is 0 Å². The van der Waals surface area contributed by atoms with E-state index >= 15 is 0 Å². The maximum atomic E-state index is 8.46. The van der Waals surface area contributed by atoms with E-state index in [0.29, 0.717) is 5.92 Å². The van der Waals surface area contributed by atoms with E-state index in [9.17, 15) is 0 Å². The lowest BCUT2D eigenvalue weighted by molar-refractivity contribution is 0.402. The molecule has 1 aliphatic carbocycles. The van der Waals surface area contributed by atoms with Gasteiger partial charge in [-0.25, -0.2) is 0 Å². The summed E-state index contributed by atoms with van der Waals surface area (Å²) in [5.41, 5.74) is 0. The number of nitrogens with zero attached hydrogens (tertiary/aromatic N) is 1. The van der Waals surface area contributed by atoms with Crippen LogP contribution in [0.1, 0.15) is 45.4 Å². The molecule has 1 aliphatic rings. The van der Waals surface area contributed by atoms with E-state index in [1.54, 1.807) is 0 Å². The SMILES string of the molecule is C[C@H](CC#N)CC1CCCC1. The number of hydrogen-bond acceptors (Lipinski definition) is 1. The number of nitriles is 1. The van der Waals surface area contributed by atoms with Crippen LogP contribution in [-0.2, 0) is 0 Å². The van der Waals surface area contributed by atoms with Gasteiger partial charge in [0.05, 0.1) is 6.07 Å². The molecular formula is C10H17N. The lowest BCUT2D eigenvalue weighted by Crippen LogP contribution is -2.01. The normalized spacial score (nSPS) is 21.5. The highest BCUT2D eigenvalue weighted by Gasteiger charge is 2.17. The second-order valence-electron chi connectivity index (χ2n) is 3.85. The molecule has 1 rings (SSSR count). The van der Waals surface area contributed by atoms with Crippen molar-refractivity contribution in [2.75, 3.05) is 0 Å². The molecule has 0 radical (unpaired) electrons. The maximum Gasteiger partial charge on any atom is 0.0624 e. The predicted octanol–water partition coefficient (Wildman–Crippen LogP) is 3.12. The summed E-state index contributed by atoms with van der Waals surface area (Å²) in [5, 5.41) is 8.46. The highest BCUT2D eigenvalue weighted by Crippen LogP contribution is 2.30. The Balaban J connectivity index is 2.14. The van der Waals surface area contributed by atoms with Crippen LogP contribution in [0.4, 0.5) is 0 Å². The second-order valence-corrected chi connectivity index (χ2v) is 3.85. The Morgan fingerprint density at radius 1 is 1.45 bits per heavy atom. The van der Waals surface area contributed by atoms with E-state index in [2.05, 4.69) is 13.0 Å². The molecule has 0 spiro atoms. The van der Waals surface area contributed by atoms with Crippen LogP contribution in [-0.4, -0.2) is 0 Å². The number of rotatable bonds is 3. The minimum absolute atomic E-state index is 0.628. The molecule has 1 fully saturated rings. The summed E-state index contributed by atoms with van der Waals surface area (Å²) >= 11 is 0. The van der Waals surface area contributed by atoms with Gasteiger partial charge in [0, 0.05) is 6.42 Å². The van der Waals surface area contributed by atoms with Gasteiger partial charge in [-0.2, -0.15) is 5.26 Å². The van der Waals surface area contributed by atoms with E-state index in [1.165, 1.54) is 32.1 Å². The monoisotopic (exact) mass is 151 g/mol. The standard InChI is InChI=1S/C10H17N/c1-9(6-7-11)8-10-4-2-3-5-10/h9-10H,2-6,8H2,1H3/t9-/m1/s1. The highest BCUT2D eigenvalue weighted by molar-refractivity contribution is 4.77. The Bertz CT molecular complexity index is 139. The van der Waals surface area contributed by atoms with Gasteiger partial charge in [0.25, 0.3) is 0 Å². The molecule has 11 heavy (non-hydrogen) atoms. The molecule has 0 amide bonds. The van der Waals surface area contributed by atoms with Gasteiger partial charge < -0.3 is 0 Å². The number of hydrogen-bond donors (Lipinski definition) is 0. The molecule has 0 bridgehead atoms. The molecular weight excluding hydrogens is 134 g/mol. The zero-order valence-corrected chi connectivity index (χ0v) is 7.34. The van der Waals surface area contributed by atoms with Gasteiger partial charge in [0.15, 0.2) is 0 Å². The predicted molar refractivity (Wildman–Crippen MR) is 46.0 cm³/mol. The van der Waals surface area contributed by atoms with Crippen LogP contribution < -0.4 is 0 Å². The third kappa shape index (κ3) is 2.93. The summed E-state index contributed by atoms with van der Waals surface area (Å²) in [4.78, 5) is 0. The Kier molecular flexibility index (Phi) is 3.42. The van der Waals surface area contributed by atoms with Gasteiger partial charge in [-0.15, -0.1) is 0 Å². The Morgan fingerprint density at radius 2 is 2.09 bits per heavy atom. The summed E-state index contributed by atoms with van der Waals surface area (Å²) in [7, 11) is 0. The van der Waals surface area contributed by atoms with Crippen molar-refractivity contribution >= 4 is 0 Å². The van der Waals surface area contributed by atoms with Crippen molar-refractivity contribution in [3.63, 3.8) is 0 Å². The van der Waals surface area contributed by atoms with Crippen molar-refractivity contribution in [2.45, 2.75) is 45.4 Å². The van der Waals surface area contributed by atoms with Crippen molar-refractivity contribution < 1.29 is 0 Å². The van der Waals surface area contributed by atoms with E-state index < -0.39 is 0 Å².